The van der Waals surface area contributed by atoms with Crippen molar-refractivity contribution in [2.24, 2.45) is 0 Å². The highest BCUT2D eigenvalue weighted by Crippen LogP contribution is 2.17. The Kier molecular flexibility index (Phi) is 3.49. The number of carbonyl (C=O) groups is 1. The number of halogens is 1. The van der Waals surface area contributed by atoms with Crippen molar-refractivity contribution in [3.63, 3.8) is 0 Å². The summed E-state index contributed by atoms with van der Waals surface area (Å²) in [5.41, 5.74) is 1.89. The Labute approximate surface area is 109 Å². The number of benzene rings is 1. The molecule has 2 rings (SSSR count). The van der Waals surface area contributed by atoms with Crippen molar-refractivity contribution >= 4 is 28.5 Å². The second-order valence-electron chi connectivity index (χ2n) is 4.16. The molecule has 3 nitrogen and oxygen atoms in total. The smallest absolute Gasteiger partial charge is 0.253 e. The van der Waals surface area contributed by atoms with E-state index in [2.05, 4.69) is 22.6 Å². The van der Waals surface area contributed by atoms with Crippen LogP contribution in [0.3, 0.4) is 0 Å². The van der Waals surface area contributed by atoms with Gasteiger partial charge in [0.05, 0.1) is 6.10 Å². The van der Waals surface area contributed by atoms with E-state index in [1.165, 1.54) is 5.56 Å². The van der Waals surface area contributed by atoms with Gasteiger partial charge in [0, 0.05) is 22.2 Å². The standard InChI is InChI=1S/C12H14INO2/c1-8-2-3-9(6-11(8)13)12(16)14-5-4-10(15)7-14/h2-3,6,10,15H,4-5,7H2,1H3/t10-/m1/s1. The number of rotatable bonds is 1. The second-order valence-corrected chi connectivity index (χ2v) is 5.32. The first kappa shape index (κ1) is 11.9. The molecule has 1 aromatic carbocycles. The zero-order chi connectivity index (χ0) is 11.7. The van der Waals surface area contributed by atoms with Gasteiger partial charge in [-0.05, 0) is 53.6 Å². The summed E-state index contributed by atoms with van der Waals surface area (Å²) >= 11 is 2.23. The summed E-state index contributed by atoms with van der Waals surface area (Å²) in [5.74, 6) is 0.0227. The van der Waals surface area contributed by atoms with Crippen LogP contribution in [0.1, 0.15) is 22.3 Å². The Morgan fingerprint density at radius 3 is 2.88 bits per heavy atom. The normalized spacial score (nSPS) is 20.2. The van der Waals surface area contributed by atoms with Crippen molar-refractivity contribution in [2.45, 2.75) is 19.4 Å². The van der Waals surface area contributed by atoms with E-state index in [1.54, 1.807) is 4.90 Å². The van der Waals surface area contributed by atoms with Gasteiger partial charge in [0.1, 0.15) is 0 Å². The molecule has 16 heavy (non-hydrogen) atoms. The van der Waals surface area contributed by atoms with Crippen molar-refractivity contribution in [3.05, 3.63) is 32.9 Å². The summed E-state index contributed by atoms with van der Waals surface area (Å²) in [7, 11) is 0. The molecule has 1 amide bonds. The molecule has 0 aliphatic carbocycles. The molecule has 1 N–H and O–H groups in total. The first-order chi connectivity index (χ1) is 7.58. The minimum Gasteiger partial charge on any atom is -0.391 e. The van der Waals surface area contributed by atoms with Gasteiger partial charge in [0.25, 0.3) is 5.91 Å². The molecule has 4 heteroatoms. The molecule has 0 radical (unpaired) electrons. The predicted octanol–water partition coefficient (Wildman–Crippen LogP) is 1.81. The fourth-order valence-electron chi connectivity index (χ4n) is 1.83. The zero-order valence-corrected chi connectivity index (χ0v) is 11.3. The van der Waals surface area contributed by atoms with Gasteiger partial charge in [-0.1, -0.05) is 6.07 Å². The van der Waals surface area contributed by atoms with E-state index in [-0.39, 0.29) is 12.0 Å². The maximum atomic E-state index is 12.1. The quantitative estimate of drug-likeness (QED) is 0.798. The monoisotopic (exact) mass is 331 g/mol. The average Bonchev–Trinajstić information content (AvgIpc) is 2.68. The first-order valence-electron chi connectivity index (χ1n) is 5.31. The van der Waals surface area contributed by atoms with Crippen LogP contribution in [0.4, 0.5) is 0 Å². The zero-order valence-electron chi connectivity index (χ0n) is 9.11. The van der Waals surface area contributed by atoms with Gasteiger partial charge in [-0.2, -0.15) is 0 Å². The Morgan fingerprint density at radius 2 is 2.31 bits per heavy atom. The lowest BCUT2D eigenvalue weighted by Crippen LogP contribution is -2.29. The van der Waals surface area contributed by atoms with Gasteiger partial charge in [0.15, 0.2) is 0 Å². The Morgan fingerprint density at radius 1 is 1.56 bits per heavy atom. The molecule has 1 atom stereocenters. The largest absolute Gasteiger partial charge is 0.391 e. The third-order valence-corrected chi connectivity index (χ3v) is 4.03. The number of nitrogens with zero attached hydrogens (tertiary/aromatic N) is 1. The lowest BCUT2D eigenvalue weighted by atomic mass is 10.1. The number of aliphatic hydroxyl groups excluding tert-OH is 1. The molecule has 0 bridgehead atoms. The third kappa shape index (κ3) is 2.38. The van der Waals surface area contributed by atoms with E-state index in [1.807, 2.05) is 25.1 Å². The summed E-state index contributed by atoms with van der Waals surface area (Å²) < 4.78 is 1.10. The van der Waals surface area contributed by atoms with Gasteiger partial charge in [-0.25, -0.2) is 0 Å². The minimum atomic E-state index is -0.353. The van der Waals surface area contributed by atoms with E-state index in [0.717, 1.165) is 3.57 Å². The number of β-amino-alcohol motifs (C(OH)–C–C–N with tert-alkyl or cyclic N) is 1. The van der Waals surface area contributed by atoms with Crippen LogP contribution < -0.4 is 0 Å². The fourth-order valence-corrected chi connectivity index (χ4v) is 2.35. The van der Waals surface area contributed by atoms with Crippen LogP contribution >= 0.6 is 22.6 Å². The lowest BCUT2D eigenvalue weighted by Gasteiger charge is -2.15. The predicted molar refractivity (Wildman–Crippen MR) is 70.4 cm³/mol. The number of hydrogen-bond acceptors (Lipinski definition) is 2. The average molecular weight is 331 g/mol. The van der Waals surface area contributed by atoms with Gasteiger partial charge in [-0.3, -0.25) is 4.79 Å². The topological polar surface area (TPSA) is 40.5 Å². The van der Waals surface area contributed by atoms with Crippen LogP contribution in [0, 0.1) is 10.5 Å². The van der Waals surface area contributed by atoms with Crippen LogP contribution in [0.5, 0.6) is 0 Å². The Balaban J connectivity index is 2.18. The van der Waals surface area contributed by atoms with E-state index in [4.69, 9.17) is 0 Å². The SMILES string of the molecule is Cc1ccc(C(=O)N2CC[C@@H](O)C2)cc1I. The Hall–Kier alpha value is -0.620. The van der Waals surface area contributed by atoms with E-state index < -0.39 is 0 Å². The molecule has 1 fully saturated rings. The van der Waals surface area contributed by atoms with Gasteiger partial charge in [0.2, 0.25) is 0 Å². The molecule has 0 saturated carbocycles. The molecule has 1 heterocycles. The molecule has 0 spiro atoms. The molecule has 1 aliphatic rings. The van der Waals surface area contributed by atoms with E-state index in [9.17, 15) is 9.90 Å². The number of likely N-dealkylation sites (tertiary alicyclic amines) is 1. The van der Waals surface area contributed by atoms with Crippen LogP contribution in [0.15, 0.2) is 18.2 Å². The van der Waals surface area contributed by atoms with E-state index in [0.29, 0.717) is 25.1 Å². The van der Waals surface area contributed by atoms with Crippen molar-refractivity contribution in [3.8, 4) is 0 Å². The maximum Gasteiger partial charge on any atom is 0.253 e. The summed E-state index contributed by atoms with van der Waals surface area (Å²) in [6.07, 6.45) is 0.336. The fraction of sp³-hybridized carbons (Fsp3) is 0.417. The number of aliphatic hydroxyl groups is 1. The van der Waals surface area contributed by atoms with Crippen molar-refractivity contribution in [2.75, 3.05) is 13.1 Å². The van der Waals surface area contributed by atoms with Crippen LogP contribution in [-0.2, 0) is 0 Å². The summed E-state index contributed by atoms with van der Waals surface area (Å²) in [4.78, 5) is 13.8. The first-order valence-corrected chi connectivity index (χ1v) is 6.39. The molecular weight excluding hydrogens is 317 g/mol. The van der Waals surface area contributed by atoms with Crippen LogP contribution in [-0.4, -0.2) is 35.1 Å². The highest BCUT2D eigenvalue weighted by atomic mass is 127. The second kappa shape index (κ2) is 4.71. The third-order valence-electron chi connectivity index (χ3n) is 2.87. The van der Waals surface area contributed by atoms with Gasteiger partial charge in [-0.15, -0.1) is 0 Å². The van der Waals surface area contributed by atoms with Crippen LogP contribution in [0.25, 0.3) is 0 Å². The maximum absolute atomic E-state index is 12.1. The highest BCUT2D eigenvalue weighted by Gasteiger charge is 2.25. The molecule has 86 valence electrons. The summed E-state index contributed by atoms with van der Waals surface area (Å²) in [5, 5.41) is 9.40. The Bertz CT molecular complexity index is 419. The molecule has 1 aromatic rings. The van der Waals surface area contributed by atoms with Gasteiger partial charge >= 0.3 is 0 Å². The van der Waals surface area contributed by atoms with E-state index >= 15 is 0 Å². The number of aryl methyl sites for hydroxylation is 1. The molecular formula is C12H14INO2. The molecule has 1 saturated heterocycles. The summed E-state index contributed by atoms with van der Waals surface area (Å²) in [6, 6.07) is 5.72. The van der Waals surface area contributed by atoms with Crippen molar-refractivity contribution in [1.29, 1.82) is 0 Å². The minimum absolute atomic E-state index is 0.0227. The molecule has 0 unspecified atom stereocenters. The lowest BCUT2D eigenvalue weighted by molar-refractivity contribution is 0.0765. The number of amides is 1. The molecule has 1 aliphatic heterocycles. The van der Waals surface area contributed by atoms with Gasteiger partial charge < -0.3 is 10.0 Å². The summed E-state index contributed by atoms with van der Waals surface area (Å²) in [6.45, 7) is 3.14. The van der Waals surface area contributed by atoms with Crippen molar-refractivity contribution < 1.29 is 9.90 Å². The molecule has 0 aromatic heterocycles. The van der Waals surface area contributed by atoms with Crippen LogP contribution in [0.2, 0.25) is 0 Å². The highest BCUT2D eigenvalue weighted by molar-refractivity contribution is 14.1. The van der Waals surface area contributed by atoms with Crippen molar-refractivity contribution in [1.82, 2.24) is 4.90 Å². The number of hydrogen-bond donors (Lipinski definition) is 1. The number of carbonyl (C=O) groups excluding carboxylic acids is 1.